The molecule has 4 heteroatoms. The zero-order valence-corrected chi connectivity index (χ0v) is 15.7. The summed E-state index contributed by atoms with van der Waals surface area (Å²) in [5.74, 6) is 0.761. The van der Waals surface area contributed by atoms with E-state index in [2.05, 4.69) is 12.2 Å². The third kappa shape index (κ3) is 4.43. The molecule has 138 valence electrons. The second kappa shape index (κ2) is 8.35. The number of hydrogen-bond donors (Lipinski definition) is 1. The van der Waals surface area contributed by atoms with Crippen LogP contribution in [-0.4, -0.2) is 36.3 Å². The van der Waals surface area contributed by atoms with Crippen LogP contribution in [0.25, 0.3) is 10.8 Å². The van der Waals surface area contributed by atoms with Gasteiger partial charge in [0.1, 0.15) is 0 Å². The van der Waals surface area contributed by atoms with Gasteiger partial charge in [0.25, 0.3) is 5.91 Å². The summed E-state index contributed by atoms with van der Waals surface area (Å²) in [5.41, 5.74) is 0.630. The lowest BCUT2D eigenvalue weighted by atomic mass is 9.86. The highest BCUT2D eigenvalue weighted by atomic mass is 16.2. The first kappa shape index (κ1) is 18.4. The number of carbonyl (C=O) groups excluding carboxylic acids is 2. The molecule has 2 aromatic rings. The highest BCUT2D eigenvalue weighted by Gasteiger charge is 2.24. The Morgan fingerprint density at radius 3 is 2.46 bits per heavy atom. The molecule has 2 aromatic carbocycles. The average Bonchev–Trinajstić information content (AvgIpc) is 2.67. The molecule has 0 atom stereocenters. The summed E-state index contributed by atoms with van der Waals surface area (Å²) in [6.07, 6.45) is 4.92. The van der Waals surface area contributed by atoms with Gasteiger partial charge in [-0.25, -0.2) is 0 Å². The Bertz CT molecular complexity index is 779. The Kier molecular flexibility index (Phi) is 5.92. The first-order valence-electron chi connectivity index (χ1n) is 9.57. The van der Waals surface area contributed by atoms with Crippen LogP contribution in [0.15, 0.2) is 42.5 Å². The van der Waals surface area contributed by atoms with Crippen LogP contribution in [0.5, 0.6) is 0 Å². The highest BCUT2D eigenvalue weighted by Crippen LogP contribution is 2.26. The minimum Gasteiger partial charge on any atom is -0.352 e. The zero-order chi connectivity index (χ0) is 18.5. The van der Waals surface area contributed by atoms with Gasteiger partial charge < -0.3 is 10.2 Å². The maximum Gasteiger partial charge on any atom is 0.251 e. The number of nitrogens with zero attached hydrogens (tertiary/aromatic N) is 1. The largest absolute Gasteiger partial charge is 0.352 e. The molecule has 0 saturated heterocycles. The van der Waals surface area contributed by atoms with Crippen LogP contribution in [0.3, 0.4) is 0 Å². The van der Waals surface area contributed by atoms with Crippen LogP contribution in [0, 0.1) is 5.92 Å². The molecule has 0 aromatic heterocycles. The molecule has 1 N–H and O–H groups in total. The van der Waals surface area contributed by atoms with Gasteiger partial charge in [0, 0.05) is 31.6 Å². The van der Waals surface area contributed by atoms with E-state index in [9.17, 15) is 9.59 Å². The molecule has 0 unspecified atom stereocenters. The number of rotatable bonds is 5. The van der Waals surface area contributed by atoms with Crippen LogP contribution < -0.4 is 5.32 Å². The first-order chi connectivity index (χ1) is 12.5. The van der Waals surface area contributed by atoms with Gasteiger partial charge in [-0.05, 0) is 54.5 Å². The minimum absolute atomic E-state index is 0.114. The first-order valence-corrected chi connectivity index (χ1v) is 9.57. The third-order valence-corrected chi connectivity index (χ3v) is 5.56. The lowest BCUT2D eigenvalue weighted by Gasteiger charge is -2.33. The Labute approximate surface area is 155 Å². The number of amides is 2. The van der Waals surface area contributed by atoms with E-state index in [1.54, 1.807) is 0 Å². The van der Waals surface area contributed by atoms with Crippen molar-refractivity contribution in [2.45, 2.75) is 45.1 Å². The number of hydrogen-bond acceptors (Lipinski definition) is 2. The van der Waals surface area contributed by atoms with E-state index in [4.69, 9.17) is 0 Å². The molecule has 0 heterocycles. The summed E-state index contributed by atoms with van der Waals surface area (Å²) in [4.78, 5) is 26.6. The van der Waals surface area contributed by atoms with Gasteiger partial charge in [0.2, 0.25) is 5.91 Å². The molecule has 0 bridgehead atoms. The molecule has 3 rings (SSSR count). The second-order valence-corrected chi connectivity index (χ2v) is 7.49. The molecular formula is C22H28N2O2. The van der Waals surface area contributed by atoms with Crippen LogP contribution in [-0.2, 0) is 4.79 Å². The van der Waals surface area contributed by atoms with Gasteiger partial charge in [-0.15, -0.1) is 0 Å². The lowest BCUT2D eigenvalue weighted by molar-refractivity contribution is -0.132. The molecule has 4 nitrogen and oxygen atoms in total. The van der Waals surface area contributed by atoms with E-state index in [-0.39, 0.29) is 11.8 Å². The molecule has 1 fully saturated rings. The van der Waals surface area contributed by atoms with Crippen molar-refractivity contribution in [3.63, 3.8) is 0 Å². The van der Waals surface area contributed by atoms with E-state index in [1.807, 2.05) is 54.4 Å². The Hall–Kier alpha value is -2.36. The van der Waals surface area contributed by atoms with Gasteiger partial charge in [-0.3, -0.25) is 9.59 Å². The van der Waals surface area contributed by atoms with Crippen LogP contribution in [0.1, 0.15) is 49.4 Å². The normalized spacial score (nSPS) is 19.9. The van der Waals surface area contributed by atoms with Crippen molar-refractivity contribution in [1.82, 2.24) is 10.2 Å². The Morgan fingerprint density at radius 1 is 1.04 bits per heavy atom. The fourth-order valence-electron chi connectivity index (χ4n) is 3.73. The molecule has 26 heavy (non-hydrogen) atoms. The standard InChI is InChI=1S/C22H28N2O2/c1-16-7-11-20(12-8-16)24(2)21(25)13-14-23-22(26)19-10-9-17-5-3-4-6-18(17)15-19/h3-6,9-10,15-16,20H,7-8,11-14H2,1-2H3,(H,23,26). The molecule has 1 saturated carbocycles. The van der Waals surface area contributed by atoms with Crippen LogP contribution in [0.4, 0.5) is 0 Å². The van der Waals surface area contributed by atoms with Crippen molar-refractivity contribution >= 4 is 22.6 Å². The number of carbonyl (C=O) groups is 2. The summed E-state index contributed by atoms with van der Waals surface area (Å²) in [5, 5.41) is 5.03. The summed E-state index contributed by atoms with van der Waals surface area (Å²) in [6.45, 7) is 2.65. The molecular weight excluding hydrogens is 324 g/mol. The van der Waals surface area contributed by atoms with E-state index in [0.717, 1.165) is 29.5 Å². The van der Waals surface area contributed by atoms with E-state index < -0.39 is 0 Å². The summed E-state index contributed by atoms with van der Waals surface area (Å²) >= 11 is 0. The maximum atomic E-state index is 12.4. The molecule has 0 spiro atoms. The summed E-state index contributed by atoms with van der Waals surface area (Å²) in [7, 11) is 1.90. The number of benzene rings is 2. The number of nitrogens with one attached hydrogen (secondary N) is 1. The second-order valence-electron chi connectivity index (χ2n) is 7.49. The molecule has 1 aliphatic carbocycles. The quantitative estimate of drug-likeness (QED) is 0.884. The van der Waals surface area contributed by atoms with Crippen LogP contribution >= 0.6 is 0 Å². The minimum atomic E-state index is -0.127. The van der Waals surface area contributed by atoms with Gasteiger partial charge in [0.15, 0.2) is 0 Å². The smallest absolute Gasteiger partial charge is 0.251 e. The van der Waals surface area contributed by atoms with Gasteiger partial charge in [-0.1, -0.05) is 37.3 Å². The summed E-state index contributed by atoms with van der Waals surface area (Å²) < 4.78 is 0. The molecule has 2 amide bonds. The SMILES string of the molecule is CC1CCC(N(C)C(=O)CCNC(=O)c2ccc3ccccc3c2)CC1. The van der Waals surface area contributed by atoms with Crippen LogP contribution in [0.2, 0.25) is 0 Å². The highest BCUT2D eigenvalue weighted by molar-refractivity contribution is 5.98. The van der Waals surface area contributed by atoms with E-state index >= 15 is 0 Å². The van der Waals surface area contributed by atoms with Crippen molar-refractivity contribution in [3.05, 3.63) is 48.0 Å². The Morgan fingerprint density at radius 2 is 1.73 bits per heavy atom. The van der Waals surface area contributed by atoms with Crippen molar-refractivity contribution < 1.29 is 9.59 Å². The number of fused-ring (bicyclic) bond motifs is 1. The summed E-state index contributed by atoms with van der Waals surface area (Å²) in [6, 6.07) is 14.0. The van der Waals surface area contributed by atoms with E-state index in [0.29, 0.717) is 24.6 Å². The van der Waals surface area contributed by atoms with Crippen molar-refractivity contribution in [3.8, 4) is 0 Å². The third-order valence-electron chi connectivity index (χ3n) is 5.56. The monoisotopic (exact) mass is 352 g/mol. The van der Waals surface area contributed by atoms with Gasteiger partial charge in [0.05, 0.1) is 0 Å². The molecule has 1 aliphatic rings. The van der Waals surface area contributed by atoms with Gasteiger partial charge >= 0.3 is 0 Å². The molecule has 0 aliphatic heterocycles. The fraction of sp³-hybridized carbons (Fsp3) is 0.455. The maximum absolute atomic E-state index is 12.4. The Balaban J connectivity index is 1.48. The fourth-order valence-corrected chi connectivity index (χ4v) is 3.73. The molecule has 0 radical (unpaired) electrons. The van der Waals surface area contributed by atoms with Crippen molar-refractivity contribution in [2.75, 3.05) is 13.6 Å². The predicted molar refractivity (Wildman–Crippen MR) is 105 cm³/mol. The average molecular weight is 352 g/mol. The van der Waals surface area contributed by atoms with Crippen molar-refractivity contribution in [1.29, 1.82) is 0 Å². The lowest BCUT2D eigenvalue weighted by Crippen LogP contribution is -2.40. The topological polar surface area (TPSA) is 49.4 Å². The van der Waals surface area contributed by atoms with Crippen molar-refractivity contribution in [2.24, 2.45) is 5.92 Å². The van der Waals surface area contributed by atoms with E-state index in [1.165, 1.54) is 12.8 Å². The predicted octanol–water partition coefficient (Wildman–Crippen LogP) is 4.00. The van der Waals surface area contributed by atoms with Gasteiger partial charge in [-0.2, -0.15) is 0 Å². The zero-order valence-electron chi connectivity index (χ0n) is 15.7.